The number of benzene rings is 1. The number of hydrogen-bond acceptors (Lipinski definition) is 4. The van der Waals surface area contributed by atoms with Crippen molar-refractivity contribution < 1.29 is 26.4 Å². The average Bonchev–Trinajstić information content (AvgIpc) is 3.48. The molecule has 0 bridgehead atoms. The number of halogens is 3. The maximum Gasteiger partial charge on any atom is 0.417 e. The van der Waals surface area contributed by atoms with Crippen molar-refractivity contribution in [2.45, 2.75) is 42.8 Å². The van der Waals surface area contributed by atoms with Crippen LogP contribution in [0.3, 0.4) is 0 Å². The molecule has 0 N–H and O–H groups in total. The van der Waals surface area contributed by atoms with Crippen molar-refractivity contribution in [1.29, 1.82) is 0 Å². The lowest BCUT2D eigenvalue weighted by Gasteiger charge is -2.27. The van der Waals surface area contributed by atoms with Crippen molar-refractivity contribution in [3.8, 4) is 0 Å². The van der Waals surface area contributed by atoms with Gasteiger partial charge in [-0.2, -0.15) is 17.5 Å². The van der Waals surface area contributed by atoms with Crippen LogP contribution in [0.15, 0.2) is 29.2 Å². The largest absolute Gasteiger partial charge is 0.417 e. The van der Waals surface area contributed by atoms with Gasteiger partial charge in [-0.1, -0.05) is 12.1 Å². The van der Waals surface area contributed by atoms with Gasteiger partial charge in [-0.25, -0.2) is 8.42 Å². The fraction of sp³-hybridized carbons (Fsp3) is 0.650. The second-order valence-corrected chi connectivity index (χ2v) is 10.2. The van der Waals surface area contributed by atoms with Crippen molar-refractivity contribution >= 4 is 15.9 Å². The maximum absolute atomic E-state index is 13.3. The van der Waals surface area contributed by atoms with Crippen LogP contribution in [0, 0.1) is 5.92 Å². The average molecular weight is 446 g/mol. The molecule has 2 aliphatic heterocycles. The molecule has 1 amide bonds. The molecule has 10 heteroatoms. The summed E-state index contributed by atoms with van der Waals surface area (Å²) in [6.45, 7) is 2.62. The Morgan fingerprint density at radius 2 is 1.70 bits per heavy atom. The highest BCUT2D eigenvalue weighted by molar-refractivity contribution is 7.89. The van der Waals surface area contributed by atoms with E-state index in [4.69, 9.17) is 0 Å². The Kier molecular flexibility index (Phi) is 5.84. The molecule has 0 unspecified atom stereocenters. The van der Waals surface area contributed by atoms with Crippen molar-refractivity contribution in [2.24, 2.45) is 5.92 Å². The fourth-order valence-electron chi connectivity index (χ4n) is 4.39. The standard InChI is InChI=1S/C20H26F3N3O3S/c21-20(22,23)16-4-1-2-5-18(16)30(28,29)26-10-3-9-24(12-13-26)17-8-11-25(19(17)27)14-15-6-7-15/h1-2,4-5,15,17H,3,6-14H2/t17-/m0/s1. The molecule has 1 atom stereocenters. The van der Waals surface area contributed by atoms with E-state index in [-0.39, 0.29) is 25.0 Å². The lowest BCUT2D eigenvalue weighted by Crippen LogP contribution is -2.44. The normalized spacial score (nSPS) is 25.0. The van der Waals surface area contributed by atoms with Crippen LogP contribution in [-0.4, -0.2) is 73.7 Å². The molecule has 3 aliphatic rings. The predicted octanol–water partition coefficient (Wildman–Crippen LogP) is 2.41. The van der Waals surface area contributed by atoms with Crippen LogP contribution < -0.4 is 0 Å². The summed E-state index contributed by atoms with van der Waals surface area (Å²) in [7, 11) is -4.29. The van der Waals surface area contributed by atoms with E-state index in [9.17, 15) is 26.4 Å². The van der Waals surface area contributed by atoms with E-state index in [0.29, 0.717) is 25.4 Å². The molecular weight excluding hydrogens is 419 g/mol. The molecule has 1 aromatic rings. The first-order chi connectivity index (χ1) is 14.2. The highest BCUT2D eigenvalue weighted by atomic mass is 32.2. The van der Waals surface area contributed by atoms with Gasteiger partial charge in [-0.3, -0.25) is 9.69 Å². The van der Waals surface area contributed by atoms with Gasteiger partial charge >= 0.3 is 6.18 Å². The zero-order chi connectivity index (χ0) is 21.5. The molecular formula is C20H26F3N3O3S. The molecule has 2 saturated heterocycles. The van der Waals surface area contributed by atoms with Crippen LogP contribution in [0.1, 0.15) is 31.2 Å². The van der Waals surface area contributed by atoms with Gasteiger partial charge in [-0.05, 0) is 43.7 Å². The zero-order valence-corrected chi connectivity index (χ0v) is 17.5. The Morgan fingerprint density at radius 1 is 0.967 bits per heavy atom. The minimum Gasteiger partial charge on any atom is -0.341 e. The minimum absolute atomic E-state index is 0.0704. The van der Waals surface area contributed by atoms with Crippen LogP contribution in [0.25, 0.3) is 0 Å². The summed E-state index contributed by atoms with van der Waals surface area (Å²) in [5, 5.41) is 0. The van der Waals surface area contributed by atoms with Gasteiger partial charge in [0.15, 0.2) is 0 Å². The molecule has 3 fully saturated rings. The molecule has 166 valence electrons. The van der Waals surface area contributed by atoms with Crippen molar-refractivity contribution in [1.82, 2.24) is 14.1 Å². The summed E-state index contributed by atoms with van der Waals surface area (Å²) < 4.78 is 67.1. The lowest BCUT2D eigenvalue weighted by molar-refractivity contribution is -0.140. The number of carbonyl (C=O) groups excluding carboxylic acids is 1. The Morgan fingerprint density at radius 3 is 2.40 bits per heavy atom. The summed E-state index contributed by atoms with van der Waals surface area (Å²) in [5.74, 6) is 0.715. The molecule has 6 nitrogen and oxygen atoms in total. The molecule has 2 heterocycles. The van der Waals surface area contributed by atoms with Crippen LogP contribution in [-0.2, 0) is 21.0 Å². The van der Waals surface area contributed by atoms with Crippen molar-refractivity contribution in [3.63, 3.8) is 0 Å². The number of likely N-dealkylation sites (tertiary alicyclic amines) is 1. The number of hydrogen-bond donors (Lipinski definition) is 0. The number of nitrogens with zero attached hydrogens (tertiary/aromatic N) is 3. The van der Waals surface area contributed by atoms with Crippen LogP contribution in [0.4, 0.5) is 13.2 Å². The first-order valence-corrected chi connectivity index (χ1v) is 11.8. The van der Waals surface area contributed by atoms with Gasteiger partial charge in [0.25, 0.3) is 0 Å². The second kappa shape index (κ2) is 8.12. The van der Waals surface area contributed by atoms with E-state index in [2.05, 4.69) is 0 Å². The minimum atomic E-state index is -4.75. The number of sulfonamides is 1. The summed E-state index contributed by atoms with van der Waals surface area (Å²) in [5.41, 5.74) is -1.15. The Hall–Kier alpha value is -1.65. The third-order valence-corrected chi connectivity index (χ3v) is 8.14. The fourth-order valence-corrected chi connectivity index (χ4v) is 6.07. The maximum atomic E-state index is 13.3. The van der Waals surface area contributed by atoms with E-state index >= 15 is 0 Å². The third-order valence-electron chi connectivity index (χ3n) is 6.19. The van der Waals surface area contributed by atoms with E-state index in [1.54, 1.807) is 0 Å². The Bertz CT molecular complexity index is 902. The van der Waals surface area contributed by atoms with Crippen LogP contribution in [0.5, 0.6) is 0 Å². The molecule has 0 radical (unpaired) electrons. The number of rotatable bonds is 5. The molecule has 0 spiro atoms. The third kappa shape index (κ3) is 4.36. The SMILES string of the molecule is O=C1[C@@H](N2CCCN(S(=O)(=O)c3ccccc3C(F)(F)F)CC2)CCN1CC1CC1. The predicted molar refractivity (Wildman–Crippen MR) is 104 cm³/mol. The summed E-state index contributed by atoms with van der Waals surface area (Å²) in [4.78, 5) is 16.0. The van der Waals surface area contributed by atoms with Gasteiger partial charge in [0.1, 0.15) is 0 Å². The molecule has 30 heavy (non-hydrogen) atoms. The van der Waals surface area contributed by atoms with Gasteiger partial charge < -0.3 is 4.90 Å². The molecule has 0 aromatic heterocycles. The molecule has 1 aromatic carbocycles. The quantitative estimate of drug-likeness (QED) is 0.699. The van der Waals surface area contributed by atoms with E-state index in [1.807, 2.05) is 9.80 Å². The Balaban J connectivity index is 1.46. The smallest absolute Gasteiger partial charge is 0.341 e. The summed E-state index contributed by atoms with van der Waals surface area (Å²) in [6.07, 6.45) is -1.22. The van der Waals surface area contributed by atoms with E-state index in [1.165, 1.54) is 25.0 Å². The number of carbonyl (C=O) groups is 1. The second-order valence-electron chi connectivity index (χ2n) is 8.32. The topological polar surface area (TPSA) is 60.9 Å². The summed E-state index contributed by atoms with van der Waals surface area (Å²) >= 11 is 0. The van der Waals surface area contributed by atoms with Crippen LogP contribution >= 0.6 is 0 Å². The molecule has 1 aliphatic carbocycles. The van der Waals surface area contributed by atoms with Crippen molar-refractivity contribution in [3.05, 3.63) is 29.8 Å². The number of amides is 1. The van der Waals surface area contributed by atoms with Gasteiger partial charge in [0.2, 0.25) is 15.9 Å². The summed E-state index contributed by atoms with van der Waals surface area (Å²) in [6, 6.07) is 4.04. The molecule has 1 saturated carbocycles. The van der Waals surface area contributed by atoms with E-state index in [0.717, 1.165) is 35.9 Å². The Labute approximate surface area is 174 Å². The first kappa shape index (κ1) is 21.6. The van der Waals surface area contributed by atoms with Gasteiger partial charge in [0, 0.05) is 39.3 Å². The van der Waals surface area contributed by atoms with Crippen LogP contribution in [0.2, 0.25) is 0 Å². The number of alkyl halides is 3. The van der Waals surface area contributed by atoms with E-state index < -0.39 is 26.7 Å². The molecule has 4 rings (SSSR count). The highest BCUT2D eigenvalue weighted by Crippen LogP contribution is 2.35. The first-order valence-electron chi connectivity index (χ1n) is 10.4. The van der Waals surface area contributed by atoms with Crippen molar-refractivity contribution in [2.75, 3.05) is 39.3 Å². The van der Waals surface area contributed by atoms with Gasteiger partial charge in [-0.15, -0.1) is 0 Å². The zero-order valence-electron chi connectivity index (χ0n) is 16.6. The highest BCUT2D eigenvalue weighted by Gasteiger charge is 2.41. The lowest BCUT2D eigenvalue weighted by atomic mass is 10.2. The van der Waals surface area contributed by atoms with Gasteiger partial charge in [0.05, 0.1) is 16.5 Å². The monoisotopic (exact) mass is 445 g/mol.